The molecule has 2 aromatic rings. The number of nitrogens with one attached hydrogen (secondary N) is 3. The van der Waals surface area contributed by atoms with Gasteiger partial charge in [0.1, 0.15) is 6.17 Å². The number of nitrogens with zero attached hydrogens (tertiary/aromatic N) is 1. The third-order valence-corrected chi connectivity index (χ3v) is 7.80. The fourth-order valence-electron chi connectivity index (χ4n) is 5.83. The Labute approximate surface area is 182 Å². The van der Waals surface area contributed by atoms with Crippen LogP contribution >= 0.6 is 0 Å². The first-order valence-corrected chi connectivity index (χ1v) is 11.3. The van der Waals surface area contributed by atoms with Crippen LogP contribution in [0.5, 0.6) is 0 Å². The summed E-state index contributed by atoms with van der Waals surface area (Å²) in [5.41, 5.74) is 16.3. The molecule has 4 aliphatic rings. The zero-order valence-electron chi connectivity index (χ0n) is 17.5. The molecule has 1 saturated carbocycles. The van der Waals surface area contributed by atoms with Crippen molar-refractivity contribution in [3.8, 4) is 0 Å². The first kappa shape index (κ1) is 19.0. The Hall–Kier alpha value is -2.67. The van der Waals surface area contributed by atoms with E-state index in [9.17, 15) is 4.79 Å². The molecule has 5 N–H and O–H groups in total. The van der Waals surface area contributed by atoms with Crippen molar-refractivity contribution in [2.45, 2.75) is 55.4 Å². The van der Waals surface area contributed by atoms with E-state index in [2.05, 4.69) is 76.8 Å². The van der Waals surface area contributed by atoms with Crippen LogP contribution in [-0.4, -0.2) is 23.1 Å². The predicted molar refractivity (Wildman–Crippen MR) is 120 cm³/mol. The van der Waals surface area contributed by atoms with Crippen LogP contribution in [0.2, 0.25) is 0 Å². The van der Waals surface area contributed by atoms with E-state index >= 15 is 0 Å². The highest BCUT2D eigenvalue weighted by molar-refractivity contribution is 5.77. The minimum Gasteiger partial charge on any atom is -0.321 e. The second-order valence-corrected chi connectivity index (χ2v) is 9.49. The molecule has 0 aromatic heterocycles. The molecule has 5 unspecified atom stereocenters. The van der Waals surface area contributed by atoms with Gasteiger partial charge in [-0.05, 0) is 42.4 Å². The third-order valence-electron chi connectivity index (χ3n) is 7.80. The molecule has 6 rings (SSSR count). The monoisotopic (exact) mass is 415 g/mol. The van der Waals surface area contributed by atoms with E-state index < -0.39 is 0 Å². The number of rotatable bonds is 3. The van der Waals surface area contributed by atoms with Crippen molar-refractivity contribution in [1.82, 2.24) is 21.1 Å². The molecule has 5 atom stereocenters. The quantitative estimate of drug-likeness (QED) is 0.620. The van der Waals surface area contributed by atoms with Crippen molar-refractivity contribution >= 4 is 6.03 Å². The van der Waals surface area contributed by atoms with Crippen LogP contribution in [0, 0.1) is 5.92 Å². The largest absolute Gasteiger partial charge is 0.337 e. The lowest BCUT2D eigenvalue weighted by molar-refractivity contribution is 0.125. The molecular weight excluding hydrogens is 386 g/mol. The van der Waals surface area contributed by atoms with Crippen LogP contribution in [0.3, 0.4) is 0 Å². The van der Waals surface area contributed by atoms with Gasteiger partial charge in [0, 0.05) is 35.7 Å². The van der Waals surface area contributed by atoms with Crippen LogP contribution in [0.1, 0.15) is 54.3 Å². The van der Waals surface area contributed by atoms with E-state index in [4.69, 9.17) is 5.73 Å². The molecule has 3 heterocycles. The molecule has 6 nitrogen and oxygen atoms in total. The molecule has 6 heteroatoms. The Morgan fingerprint density at radius 2 is 1.77 bits per heavy atom. The standard InChI is InChI=1S/C25H29N5O/c26-25(12-4-13-25)18-9-7-17(8-10-18)22-19(16-5-2-1-3-6-16)15-20-21(27-22)11-14-30-23(20)28-29-24(30)31/h1-3,5-11,14,19-23,27-28H,4,12-13,15,26H2,(H,29,31). The number of hydrogen-bond acceptors (Lipinski definition) is 4. The Morgan fingerprint density at radius 3 is 2.48 bits per heavy atom. The molecule has 0 radical (unpaired) electrons. The molecule has 31 heavy (non-hydrogen) atoms. The van der Waals surface area contributed by atoms with Crippen molar-refractivity contribution in [3.05, 3.63) is 83.6 Å². The average Bonchev–Trinajstić information content (AvgIpc) is 3.18. The third kappa shape index (κ3) is 3.09. The summed E-state index contributed by atoms with van der Waals surface area (Å²) >= 11 is 0. The van der Waals surface area contributed by atoms with Crippen molar-refractivity contribution in [3.63, 3.8) is 0 Å². The molecule has 2 saturated heterocycles. The minimum atomic E-state index is -0.133. The van der Waals surface area contributed by atoms with Gasteiger partial charge in [0.25, 0.3) is 0 Å². The summed E-state index contributed by atoms with van der Waals surface area (Å²) in [7, 11) is 0. The van der Waals surface area contributed by atoms with Gasteiger partial charge >= 0.3 is 6.03 Å². The highest BCUT2D eigenvalue weighted by Gasteiger charge is 2.47. The van der Waals surface area contributed by atoms with Gasteiger partial charge in [0.15, 0.2) is 0 Å². The van der Waals surface area contributed by atoms with Gasteiger partial charge in [-0.25, -0.2) is 10.2 Å². The van der Waals surface area contributed by atoms with Crippen molar-refractivity contribution < 1.29 is 4.79 Å². The Morgan fingerprint density at radius 1 is 1.00 bits per heavy atom. The summed E-state index contributed by atoms with van der Waals surface area (Å²) in [5, 5.41) is 3.91. The van der Waals surface area contributed by atoms with E-state index in [1.807, 2.05) is 6.20 Å². The topological polar surface area (TPSA) is 82.4 Å². The normalized spacial score (nSPS) is 33.3. The predicted octanol–water partition coefficient (Wildman–Crippen LogP) is 3.21. The van der Waals surface area contributed by atoms with Gasteiger partial charge in [0.2, 0.25) is 0 Å². The van der Waals surface area contributed by atoms with Gasteiger partial charge in [0.05, 0.1) is 0 Å². The lowest BCUT2D eigenvalue weighted by Crippen LogP contribution is -2.57. The van der Waals surface area contributed by atoms with E-state index in [1.165, 1.54) is 23.1 Å². The zero-order chi connectivity index (χ0) is 21.0. The number of piperidine rings is 1. The number of urea groups is 1. The van der Waals surface area contributed by atoms with Gasteiger partial charge in [-0.15, -0.1) is 0 Å². The number of carbonyl (C=O) groups is 1. The zero-order valence-corrected chi connectivity index (χ0v) is 17.5. The van der Waals surface area contributed by atoms with Gasteiger partial charge < -0.3 is 11.1 Å². The van der Waals surface area contributed by atoms with Crippen molar-refractivity contribution in [2.24, 2.45) is 11.7 Å². The molecule has 2 amide bonds. The maximum Gasteiger partial charge on any atom is 0.337 e. The van der Waals surface area contributed by atoms with Crippen molar-refractivity contribution in [1.29, 1.82) is 0 Å². The Balaban J connectivity index is 1.34. The maximum atomic E-state index is 12.1. The van der Waals surface area contributed by atoms with E-state index in [0.29, 0.717) is 5.92 Å². The first-order valence-electron chi connectivity index (χ1n) is 11.3. The van der Waals surface area contributed by atoms with E-state index in [1.54, 1.807) is 4.90 Å². The fraction of sp³-hybridized carbons (Fsp3) is 0.400. The summed E-state index contributed by atoms with van der Waals surface area (Å²) in [4.78, 5) is 13.9. The van der Waals surface area contributed by atoms with Crippen LogP contribution in [0.4, 0.5) is 4.79 Å². The summed E-state index contributed by atoms with van der Waals surface area (Å²) in [5.74, 6) is 0.599. The SMILES string of the molecule is NC1(c2ccc(C3NC4C=CN5C(=O)NNC5C4CC3c3ccccc3)cc2)CCC1. The molecule has 3 aliphatic heterocycles. The first-order chi connectivity index (χ1) is 15.1. The van der Waals surface area contributed by atoms with E-state index in [0.717, 1.165) is 19.3 Å². The highest BCUT2D eigenvalue weighted by atomic mass is 16.2. The molecule has 160 valence electrons. The highest BCUT2D eigenvalue weighted by Crippen LogP contribution is 2.45. The lowest BCUT2D eigenvalue weighted by Gasteiger charge is -2.47. The fourth-order valence-corrected chi connectivity index (χ4v) is 5.83. The molecule has 0 spiro atoms. The summed E-state index contributed by atoms with van der Waals surface area (Å²) in [6.07, 6.45) is 8.38. The summed E-state index contributed by atoms with van der Waals surface area (Å²) < 4.78 is 0. The second-order valence-electron chi connectivity index (χ2n) is 9.49. The van der Waals surface area contributed by atoms with Gasteiger partial charge in [-0.3, -0.25) is 10.3 Å². The molecule has 2 aromatic carbocycles. The molecular formula is C25H29N5O. The van der Waals surface area contributed by atoms with Gasteiger partial charge in [-0.1, -0.05) is 60.7 Å². The number of fused-ring (bicyclic) bond motifs is 3. The number of carbonyl (C=O) groups excluding carboxylic acids is 1. The number of hydrogen-bond donors (Lipinski definition) is 4. The Bertz CT molecular complexity index is 1000. The minimum absolute atomic E-state index is 0.0275. The van der Waals surface area contributed by atoms with Crippen LogP contribution < -0.4 is 21.9 Å². The van der Waals surface area contributed by atoms with Crippen LogP contribution in [-0.2, 0) is 5.54 Å². The summed E-state index contributed by atoms with van der Waals surface area (Å²) in [6.45, 7) is 0. The maximum absolute atomic E-state index is 12.1. The van der Waals surface area contributed by atoms with Crippen LogP contribution in [0.15, 0.2) is 66.9 Å². The lowest BCUT2D eigenvalue weighted by atomic mass is 9.71. The Kier molecular flexibility index (Phi) is 4.42. The summed E-state index contributed by atoms with van der Waals surface area (Å²) in [6, 6.07) is 20.0. The average molecular weight is 416 g/mol. The van der Waals surface area contributed by atoms with E-state index in [-0.39, 0.29) is 35.7 Å². The molecule has 0 bridgehead atoms. The van der Waals surface area contributed by atoms with Crippen molar-refractivity contribution in [2.75, 3.05) is 0 Å². The molecule has 1 aliphatic carbocycles. The number of amides is 2. The second kappa shape index (κ2) is 7.19. The number of hydrazine groups is 1. The van der Waals surface area contributed by atoms with Gasteiger partial charge in [-0.2, -0.15) is 0 Å². The molecule has 3 fully saturated rings. The number of benzene rings is 2. The smallest absolute Gasteiger partial charge is 0.321 e. The van der Waals surface area contributed by atoms with Crippen LogP contribution in [0.25, 0.3) is 0 Å². The number of nitrogens with two attached hydrogens (primary N) is 1.